The van der Waals surface area contributed by atoms with Crippen molar-refractivity contribution in [2.75, 3.05) is 11.9 Å². The number of hydrogen-bond donors (Lipinski definition) is 1. The van der Waals surface area contributed by atoms with Crippen molar-refractivity contribution in [2.45, 2.75) is 20.4 Å². The largest absolute Gasteiger partial charge is 0.478 e. The molecule has 4 nitrogen and oxygen atoms in total. The predicted molar refractivity (Wildman–Crippen MR) is 84.2 cm³/mol. The van der Waals surface area contributed by atoms with Crippen LogP contribution in [-0.4, -0.2) is 23.1 Å². The maximum atomic E-state index is 11.5. The standard InChI is InChI=1S/C16H17ClN2O2/c1-10-8-14(15(16(20)21)11(2)18-10)19(3)9-12-4-6-13(17)7-5-12/h4-8H,9H2,1-3H3,(H,20,21). The third kappa shape index (κ3) is 3.52. The van der Waals surface area contributed by atoms with E-state index in [1.807, 2.05) is 43.1 Å². The summed E-state index contributed by atoms with van der Waals surface area (Å²) in [7, 11) is 1.87. The second kappa shape index (κ2) is 6.14. The Bertz CT molecular complexity index is 669. The van der Waals surface area contributed by atoms with E-state index in [0.29, 0.717) is 22.9 Å². The predicted octanol–water partition coefficient (Wildman–Crippen LogP) is 3.69. The summed E-state index contributed by atoms with van der Waals surface area (Å²) in [5.41, 5.74) is 3.31. The van der Waals surface area contributed by atoms with Crippen LogP contribution in [-0.2, 0) is 6.54 Å². The maximum Gasteiger partial charge on any atom is 0.339 e. The topological polar surface area (TPSA) is 53.4 Å². The minimum absolute atomic E-state index is 0.247. The van der Waals surface area contributed by atoms with Crippen molar-refractivity contribution in [3.63, 3.8) is 0 Å². The summed E-state index contributed by atoms with van der Waals surface area (Å²) < 4.78 is 0. The van der Waals surface area contributed by atoms with Crippen molar-refractivity contribution < 1.29 is 9.90 Å². The Morgan fingerprint density at radius 3 is 2.48 bits per heavy atom. The third-order valence-electron chi connectivity index (χ3n) is 3.27. The highest BCUT2D eigenvalue weighted by Gasteiger charge is 2.18. The first kappa shape index (κ1) is 15.3. The molecule has 0 aliphatic heterocycles. The van der Waals surface area contributed by atoms with E-state index in [1.54, 1.807) is 13.0 Å². The van der Waals surface area contributed by atoms with Gasteiger partial charge in [0.1, 0.15) is 5.56 Å². The maximum absolute atomic E-state index is 11.5. The highest BCUT2D eigenvalue weighted by molar-refractivity contribution is 6.30. The van der Waals surface area contributed by atoms with Crippen LogP contribution < -0.4 is 4.90 Å². The van der Waals surface area contributed by atoms with Crippen molar-refractivity contribution in [3.05, 3.63) is 57.9 Å². The molecule has 2 rings (SSSR count). The number of aromatic carboxylic acids is 1. The van der Waals surface area contributed by atoms with Crippen LogP contribution in [0.3, 0.4) is 0 Å². The van der Waals surface area contributed by atoms with Crippen molar-refractivity contribution in [3.8, 4) is 0 Å². The van der Waals surface area contributed by atoms with Crippen LogP contribution >= 0.6 is 11.6 Å². The normalized spacial score (nSPS) is 10.5. The lowest BCUT2D eigenvalue weighted by Crippen LogP contribution is -2.21. The van der Waals surface area contributed by atoms with E-state index < -0.39 is 5.97 Å². The summed E-state index contributed by atoms with van der Waals surface area (Å²) in [5, 5.41) is 10.1. The van der Waals surface area contributed by atoms with Gasteiger partial charge in [-0.05, 0) is 37.6 Å². The SMILES string of the molecule is Cc1cc(N(C)Cc2ccc(Cl)cc2)c(C(=O)O)c(C)n1. The lowest BCUT2D eigenvalue weighted by molar-refractivity contribution is 0.0696. The number of aromatic nitrogens is 1. The average molecular weight is 305 g/mol. The van der Waals surface area contributed by atoms with Crippen molar-refractivity contribution in [1.82, 2.24) is 4.98 Å². The fourth-order valence-electron chi connectivity index (χ4n) is 2.32. The molecule has 2 aromatic rings. The Morgan fingerprint density at radius 2 is 1.90 bits per heavy atom. The molecule has 1 N–H and O–H groups in total. The Hall–Kier alpha value is -2.07. The second-order valence-electron chi connectivity index (χ2n) is 5.03. The molecule has 0 saturated carbocycles. The molecule has 0 amide bonds. The number of carboxylic acid groups (broad SMARTS) is 1. The summed E-state index contributed by atoms with van der Waals surface area (Å²) in [4.78, 5) is 17.6. The minimum Gasteiger partial charge on any atom is -0.478 e. The number of hydrogen-bond acceptors (Lipinski definition) is 3. The van der Waals surface area contributed by atoms with E-state index >= 15 is 0 Å². The van der Waals surface area contributed by atoms with E-state index in [2.05, 4.69) is 4.98 Å². The zero-order valence-electron chi connectivity index (χ0n) is 12.2. The summed E-state index contributed by atoms with van der Waals surface area (Å²) in [5.74, 6) is -0.960. The number of anilines is 1. The summed E-state index contributed by atoms with van der Waals surface area (Å²) >= 11 is 5.87. The Balaban J connectivity index is 2.36. The molecule has 0 fully saturated rings. The van der Waals surface area contributed by atoms with Crippen LogP contribution in [0.4, 0.5) is 5.69 Å². The van der Waals surface area contributed by atoms with Gasteiger partial charge in [-0.2, -0.15) is 0 Å². The van der Waals surface area contributed by atoms with E-state index in [4.69, 9.17) is 11.6 Å². The number of carboxylic acids is 1. The van der Waals surface area contributed by atoms with Gasteiger partial charge in [0, 0.05) is 24.3 Å². The van der Waals surface area contributed by atoms with Gasteiger partial charge in [0.15, 0.2) is 0 Å². The zero-order valence-corrected chi connectivity index (χ0v) is 13.0. The van der Waals surface area contributed by atoms with Gasteiger partial charge in [0.05, 0.1) is 11.4 Å². The first-order valence-corrected chi connectivity index (χ1v) is 6.93. The molecule has 21 heavy (non-hydrogen) atoms. The second-order valence-corrected chi connectivity index (χ2v) is 5.47. The van der Waals surface area contributed by atoms with Crippen molar-refractivity contribution in [1.29, 1.82) is 0 Å². The van der Waals surface area contributed by atoms with Crippen LogP contribution in [0, 0.1) is 13.8 Å². The van der Waals surface area contributed by atoms with Crippen LogP contribution in [0.5, 0.6) is 0 Å². The van der Waals surface area contributed by atoms with Crippen LogP contribution in [0.25, 0.3) is 0 Å². The number of benzene rings is 1. The number of rotatable bonds is 4. The summed E-state index contributed by atoms with van der Waals surface area (Å²) in [6.07, 6.45) is 0. The molecule has 0 unspecified atom stereocenters. The lowest BCUT2D eigenvalue weighted by atomic mass is 10.1. The van der Waals surface area contributed by atoms with E-state index in [9.17, 15) is 9.90 Å². The summed E-state index contributed by atoms with van der Waals surface area (Å²) in [6.45, 7) is 4.18. The van der Waals surface area contributed by atoms with Crippen LogP contribution in [0.15, 0.2) is 30.3 Å². The number of pyridine rings is 1. The monoisotopic (exact) mass is 304 g/mol. The third-order valence-corrected chi connectivity index (χ3v) is 3.52. The molecule has 110 valence electrons. The number of carbonyl (C=O) groups is 1. The molecule has 1 aromatic carbocycles. The molecular formula is C16H17ClN2O2. The van der Waals surface area contributed by atoms with E-state index in [-0.39, 0.29) is 5.56 Å². The molecule has 0 aliphatic rings. The van der Waals surface area contributed by atoms with Gasteiger partial charge in [-0.1, -0.05) is 23.7 Å². The molecule has 0 spiro atoms. The smallest absolute Gasteiger partial charge is 0.339 e. The van der Waals surface area contributed by atoms with Crippen molar-refractivity contribution >= 4 is 23.3 Å². The van der Waals surface area contributed by atoms with Crippen LogP contribution in [0.1, 0.15) is 27.3 Å². The molecule has 0 saturated heterocycles. The highest BCUT2D eigenvalue weighted by Crippen LogP contribution is 2.25. The van der Waals surface area contributed by atoms with E-state index in [1.165, 1.54) is 0 Å². The fourth-order valence-corrected chi connectivity index (χ4v) is 2.45. The van der Waals surface area contributed by atoms with Gasteiger partial charge in [0.25, 0.3) is 0 Å². The first-order chi connectivity index (χ1) is 9.88. The van der Waals surface area contributed by atoms with Gasteiger partial charge in [-0.25, -0.2) is 4.79 Å². The Labute approximate surface area is 129 Å². The minimum atomic E-state index is -0.960. The van der Waals surface area contributed by atoms with Gasteiger partial charge < -0.3 is 10.0 Å². The first-order valence-electron chi connectivity index (χ1n) is 6.55. The fraction of sp³-hybridized carbons (Fsp3) is 0.250. The van der Waals surface area contributed by atoms with Crippen molar-refractivity contribution in [2.24, 2.45) is 0 Å². The number of halogens is 1. The lowest BCUT2D eigenvalue weighted by Gasteiger charge is -2.22. The molecule has 0 radical (unpaired) electrons. The van der Waals surface area contributed by atoms with Gasteiger partial charge >= 0.3 is 5.97 Å². The molecule has 0 aliphatic carbocycles. The van der Waals surface area contributed by atoms with E-state index in [0.717, 1.165) is 11.3 Å². The molecule has 1 heterocycles. The number of nitrogens with zero attached hydrogens (tertiary/aromatic N) is 2. The van der Waals surface area contributed by atoms with Gasteiger partial charge in [-0.3, -0.25) is 4.98 Å². The average Bonchev–Trinajstić information content (AvgIpc) is 2.39. The molecule has 1 aromatic heterocycles. The van der Waals surface area contributed by atoms with Gasteiger partial charge in [0.2, 0.25) is 0 Å². The molecule has 0 bridgehead atoms. The molecule has 5 heteroatoms. The Kier molecular flexibility index (Phi) is 4.48. The molecular weight excluding hydrogens is 288 g/mol. The molecule has 0 atom stereocenters. The number of aryl methyl sites for hydroxylation is 2. The highest BCUT2D eigenvalue weighted by atomic mass is 35.5. The van der Waals surface area contributed by atoms with Gasteiger partial charge in [-0.15, -0.1) is 0 Å². The summed E-state index contributed by atoms with van der Waals surface area (Å²) in [6, 6.07) is 9.31. The quantitative estimate of drug-likeness (QED) is 0.936. The zero-order chi connectivity index (χ0) is 15.6. The Morgan fingerprint density at radius 1 is 1.29 bits per heavy atom. The van der Waals surface area contributed by atoms with Crippen LogP contribution in [0.2, 0.25) is 5.02 Å².